The van der Waals surface area contributed by atoms with Gasteiger partial charge in [-0.1, -0.05) is 0 Å². The minimum atomic E-state index is -3.92. The summed E-state index contributed by atoms with van der Waals surface area (Å²) in [6.07, 6.45) is 1.08. The Balaban J connectivity index is 0.00000243. The molecule has 3 rings (SSSR count). The normalized spacial score (nSPS) is 22.0. The minimum Gasteiger partial charge on any atom is -0.493 e. The summed E-state index contributed by atoms with van der Waals surface area (Å²) in [4.78, 5) is 1.93. The van der Waals surface area contributed by atoms with Crippen molar-refractivity contribution < 1.29 is 22.3 Å². The highest BCUT2D eigenvalue weighted by molar-refractivity contribution is 7.89. The molecule has 7 nitrogen and oxygen atoms in total. The number of hydrogen-bond acceptors (Lipinski definition) is 6. The molecule has 0 bridgehead atoms. The van der Waals surface area contributed by atoms with E-state index in [1.54, 1.807) is 0 Å². The van der Waals surface area contributed by atoms with E-state index in [1.165, 1.54) is 24.6 Å². The van der Waals surface area contributed by atoms with E-state index in [0.717, 1.165) is 25.6 Å². The van der Waals surface area contributed by atoms with Crippen LogP contribution in [0.25, 0.3) is 0 Å². The lowest BCUT2D eigenvalue weighted by molar-refractivity contribution is 0.145. The van der Waals surface area contributed by atoms with Crippen molar-refractivity contribution in [3.05, 3.63) is 17.9 Å². The van der Waals surface area contributed by atoms with Crippen LogP contribution in [-0.4, -0.2) is 77.2 Å². The number of piperazine rings is 1. The summed E-state index contributed by atoms with van der Waals surface area (Å²) in [6, 6.07) is 2.70. The molecule has 10 heteroatoms. The molecular weight excluding hydrogens is 385 g/mol. The summed E-state index contributed by atoms with van der Waals surface area (Å²) in [5, 5.41) is 3.32. The summed E-state index contributed by atoms with van der Waals surface area (Å²) < 4.78 is 51.6. The third-order valence-electron chi connectivity index (χ3n) is 4.88. The van der Waals surface area contributed by atoms with Crippen molar-refractivity contribution >= 4 is 22.4 Å². The van der Waals surface area contributed by atoms with Crippen molar-refractivity contribution in [2.24, 2.45) is 0 Å². The van der Waals surface area contributed by atoms with Crippen LogP contribution in [0.2, 0.25) is 0 Å². The fourth-order valence-electron chi connectivity index (χ4n) is 3.43. The second-order valence-corrected chi connectivity index (χ2v) is 8.13. The van der Waals surface area contributed by atoms with Gasteiger partial charge in [-0.25, -0.2) is 12.8 Å². The van der Waals surface area contributed by atoms with Gasteiger partial charge in [-0.05, 0) is 13.0 Å². The van der Waals surface area contributed by atoms with Crippen LogP contribution in [0.1, 0.15) is 6.42 Å². The second-order valence-electron chi connectivity index (χ2n) is 6.22. The molecule has 1 N–H and O–H groups in total. The van der Waals surface area contributed by atoms with Gasteiger partial charge in [0.05, 0.1) is 14.2 Å². The Hall–Kier alpha value is -1.13. The zero-order chi connectivity index (χ0) is 18.0. The zero-order valence-electron chi connectivity index (χ0n) is 14.9. The number of nitrogens with one attached hydrogen (secondary N) is 1. The first-order valence-corrected chi connectivity index (χ1v) is 9.78. The Labute approximate surface area is 159 Å². The van der Waals surface area contributed by atoms with Gasteiger partial charge in [0.2, 0.25) is 10.0 Å². The van der Waals surface area contributed by atoms with Crippen LogP contribution in [-0.2, 0) is 10.0 Å². The van der Waals surface area contributed by atoms with Crippen LogP contribution < -0.4 is 14.8 Å². The molecule has 2 aliphatic rings. The van der Waals surface area contributed by atoms with Crippen LogP contribution in [0.4, 0.5) is 4.39 Å². The predicted molar refractivity (Wildman–Crippen MR) is 98.4 cm³/mol. The Morgan fingerprint density at radius 3 is 2.27 bits per heavy atom. The molecular formula is C16H25ClFN3O4S. The summed E-state index contributed by atoms with van der Waals surface area (Å²) in [5.74, 6) is -0.476. The number of sulfonamides is 1. The number of benzene rings is 1. The van der Waals surface area contributed by atoms with Crippen LogP contribution in [0.15, 0.2) is 17.0 Å². The molecule has 148 valence electrons. The molecule has 2 aliphatic heterocycles. The third kappa shape index (κ3) is 4.07. The van der Waals surface area contributed by atoms with Crippen LogP contribution in [0.3, 0.4) is 0 Å². The van der Waals surface area contributed by atoms with Crippen molar-refractivity contribution in [3.63, 3.8) is 0 Å². The van der Waals surface area contributed by atoms with E-state index >= 15 is 0 Å². The Kier molecular flexibility index (Phi) is 7.09. The molecule has 2 fully saturated rings. The highest BCUT2D eigenvalue weighted by Gasteiger charge is 2.34. The molecule has 1 unspecified atom stereocenters. The molecule has 2 saturated heterocycles. The van der Waals surface area contributed by atoms with Crippen LogP contribution in [0.5, 0.6) is 11.5 Å². The van der Waals surface area contributed by atoms with Gasteiger partial charge in [-0.15, -0.1) is 12.4 Å². The van der Waals surface area contributed by atoms with E-state index in [9.17, 15) is 12.8 Å². The van der Waals surface area contributed by atoms with Gasteiger partial charge < -0.3 is 14.8 Å². The predicted octanol–water partition coefficient (Wildman–Crippen LogP) is 0.933. The van der Waals surface area contributed by atoms with Gasteiger partial charge in [0, 0.05) is 50.9 Å². The van der Waals surface area contributed by atoms with E-state index in [-0.39, 0.29) is 28.8 Å². The van der Waals surface area contributed by atoms with Crippen molar-refractivity contribution in [3.8, 4) is 11.5 Å². The van der Waals surface area contributed by atoms with Crippen LogP contribution >= 0.6 is 12.4 Å². The quantitative estimate of drug-likeness (QED) is 0.780. The van der Waals surface area contributed by atoms with E-state index in [4.69, 9.17) is 9.47 Å². The molecule has 26 heavy (non-hydrogen) atoms. The molecule has 0 radical (unpaired) electrons. The number of hydrogen-bond donors (Lipinski definition) is 1. The standard InChI is InChI=1S/C16H24FN3O4S.ClH/c1-23-14-9-13(17)16(10-15(14)24-2)25(21,22)20-7-5-19(6-8-20)12-3-4-18-11-12;/h9-10,12,18H,3-8,11H2,1-2H3;1H. The van der Waals surface area contributed by atoms with Gasteiger partial charge in [-0.3, -0.25) is 4.90 Å². The maximum Gasteiger partial charge on any atom is 0.246 e. The maximum absolute atomic E-state index is 14.4. The molecule has 0 amide bonds. The Bertz CT molecular complexity index is 720. The number of methoxy groups -OCH3 is 2. The van der Waals surface area contributed by atoms with Crippen molar-refractivity contribution in [2.45, 2.75) is 17.4 Å². The molecule has 1 aromatic rings. The van der Waals surface area contributed by atoms with E-state index in [2.05, 4.69) is 10.2 Å². The summed E-state index contributed by atoms with van der Waals surface area (Å²) in [6.45, 7) is 3.96. The van der Waals surface area contributed by atoms with E-state index in [1.807, 2.05) is 0 Å². The Morgan fingerprint density at radius 2 is 1.73 bits per heavy atom. The van der Waals surface area contributed by atoms with Gasteiger partial charge in [0.1, 0.15) is 10.7 Å². The molecule has 0 spiro atoms. The summed E-state index contributed by atoms with van der Waals surface area (Å²) in [7, 11) is -1.15. The van der Waals surface area contributed by atoms with Gasteiger partial charge in [-0.2, -0.15) is 4.31 Å². The average Bonchev–Trinajstić information content (AvgIpc) is 3.16. The zero-order valence-corrected chi connectivity index (χ0v) is 16.5. The molecule has 1 aromatic carbocycles. The highest BCUT2D eigenvalue weighted by Crippen LogP contribution is 2.33. The van der Waals surface area contributed by atoms with Crippen molar-refractivity contribution in [1.82, 2.24) is 14.5 Å². The van der Waals surface area contributed by atoms with Crippen LogP contribution in [0, 0.1) is 5.82 Å². The summed E-state index contributed by atoms with van der Waals surface area (Å²) in [5.41, 5.74) is 0. The number of halogens is 2. The lowest BCUT2D eigenvalue weighted by Crippen LogP contribution is -2.52. The van der Waals surface area contributed by atoms with Crippen molar-refractivity contribution in [1.29, 1.82) is 0 Å². The van der Waals surface area contributed by atoms with Gasteiger partial charge >= 0.3 is 0 Å². The largest absolute Gasteiger partial charge is 0.493 e. The summed E-state index contributed by atoms with van der Waals surface area (Å²) >= 11 is 0. The second kappa shape index (κ2) is 8.71. The Morgan fingerprint density at radius 1 is 1.12 bits per heavy atom. The molecule has 1 atom stereocenters. The maximum atomic E-state index is 14.4. The van der Waals surface area contributed by atoms with Gasteiger partial charge in [0.25, 0.3) is 0 Å². The minimum absolute atomic E-state index is 0. The SMILES string of the molecule is COc1cc(F)c(S(=O)(=O)N2CCN(C3CCNC3)CC2)cc1OC.Cl. The molecule has 0 aromatic heterocycles. The fraction of sp³-hybridized carbons (Fsp3) is 0.625. The third-order valence-corrected chi connectivity index (χ3v) is 6.79. The van der Waals surface area contributed by atoms with Crippen molar-refractivity contribution in [2.75, 3.05) is 53.5 Å². The first-order chi connectivity index (χ1) is 12.0. The highest BCUT2D eigenvalue weighted by atomic mass is 35.5. The molecule has 0 aliphatic carbocycles. The first-order valence-electron chi connectivity index (χ1n) is 8.34. The first kappa shape index (κ1) is 21.2. The lowest BCUT2D eigenvalue weighted by Gasteiger charge is -2.37. The number of ether oxygens (including phenoxy) is 2. The number of rotatable bonds is 5. The van der Waals surface area contributed by atoms with Gasteiger partial charge in [0.15, 0.2) is 11.5 Å². The fourth-order valence-corrected chi connectivity index (χ4v) is 4.92. The van der Waals surface area contributed by atoms with E-state index in [0.29, 0.717) is 32.2 Å². The molecule has 2 heterocycles. The average molecular weight is 410 g/mol. The smallest absolute Gasteiger partial charge is 0.246 e. The number of nitrogens with zero attached hydrogens (tertiary/aromatic N) is 2. The lowest BCUT2D eigenvalue weighted by atomic mass is 10.2. The van der Waals surface area contributed by atoms with E-state index < -0.39 is 15.8 Å². The molecule has 0 saturated carbocycles. The topological polar surface area (TPSA) is 71.1 Å². The monoisotopic (exact) mass is 409 g/mol.